The van der Waals surface area contributed by atoms with Gasteiger partial charge < -0.3 is 19.5 Å². The van der Waals surface area contributed by atoms with Crippen LogP contribution in [0.15, 0.2) is 48.7 Å². The van der Waals surface area contributed by atoms with Crippen molar-refractivity contribution in [2.75, 3.05) is 11.9 Å². The second-order valence-electron chi connectivity index (χ2n) is 12.4. The molecule has 0 bridgehead atoms. The van der Waals surface area contributed by atoms with Crippen molar-refractivity contribution in [3.63, 3.8) is 0 Å². The van der Waals surface area contributed by atoms with E-state index in [1.54, 1.807) is 6.07 Å². The molecule has 0 spiro atoms. The number of ether oxygens (including phenoxy) is 3. The van der Waals surface area contributed by atoms with Gasteiger partial charge in [-0.3, -0.25) is 14.9 Å². The van der Waals surface area contributed by atoms with Gasteiger partial charge in [0.05, 0.1) is 11.4 Å². The second kappa shape index (κ2) is 26.0. The predicted octanol–water partition coefficient (Wildman–Crippen LogP) is 10.1. The van der Waals surface area contributed by atoms with E-state index in [0.29, 0.717) is 17.9 Å². The number of aromatic nitrogens is 1. The van der Waals surface area contributed by atoms with Crippen LogP contribution in [0.2, 0.25) is 5.02 Å². The fourth-order valence-electron chi connectivity index (χ4n) is 5.16. The molecule has 2 aromatic rings. The molecule has 0 saturated heterocycles. The summed E-state index contributed by atoms with van der Waals surface area (Å²) in [4.78, 5) is 55.5. The number of anilines is 1. The molecule has 10 nitrogen and oxygen atoms in total. The first-order valence-electron chi connectivity index (χ1n) is 17.8. The number of unbranched alkanes of at least 4 members (excludes halogenated alkanes) is 10. The fraction of sp³-hybridized carbons (Fsp3) is 0.595. The van der Waals surface area contributed by atoms with Crippen LogP contribution in [0, 0.1) is 0 Å². The van der Waals surface area contributed by atoms with Crippen molar-refractivity contribution >= 4 is 76.2 Å². The van der Waals surface area contributed by atoms with Crippen LogP contribution >= 0.6 is 46.4 Å². The SMILES string of the molecule is CCCCCCCCCCCCCC(CC(=O)OCC(Cl)(Cl)Cl)OC(=O)[C@H](CCCC(=O)OCc1ccccc1)NC(=O)Nc1ccc(Cl)cn1. The maximum absolute atomic E-state index is 13.5. The Morgan fingerprint density at radius 3 is 2.04 bits per heavy atom. The summed E-state index contributed by atoms with van der Waals surface area (Å²) < 4.78 is 14.5. The number of hydrogen-bond donors (Lipinski definition) is 2. The van der Waals surface area contributed by atoms with Crippen LogP contribution in [0.5, 0.6) is 0 Å². The molecule has 2 atom stereocenters. The maximum atomic E-state index is 13.5. The van der Waals surface area contributed by atoms with E-state index >= 15 is 0 Å². The molecule has 1 aromatic carbocycles. The van der Waals surface area contributed by atoms with E-state index in [9.17, 15) is 19.2 Å². The summed E-state index contributed by atoms with van der Waals surface area (Å²) in [7, 11) is 0. The number of carbonyl (C=O) groups is 4. The van der Waals surface area contributed by atoms with Gasteiger partial charge in [-0.25, -0.2) is 14.6 Å². The molecule has 0 aliphatic rings. The van der Waals surface area contributed by atoms with E-state index < -0.39 is 46.5 Å². The maximum Gasteiger partial charge on any atom is 0.328 e. The monoisotopic (exact) mass is 789 g/mol. The molecule has 0 radical (unpaired) electrons. The molecule has 0 fully saturated rings. The molecule has 2 amide bonds. The topological polar surface area (TPSA) is 133 Å². The number of nitrogens with zero attached hydrogens (tertiary/aromatic N) is 1. The van der Waals surface area contributed by atoms with Gasteiger partial charge in [0.25, 0.3) is 0 Å². The van der Waals surface area contributed by atoms with Crippen LogP contribution in [0.4, 0.5) is 10.6 Å². The zero-order valence-corrected chi connectivity index (χ0v) is 32.3. The first-order chi connectivity index (χ1) is 24.4. The Morgan fingerprint density at radius 2 is 1.43 bits per heavy atom. The van der Waals surface area contributed by atoms with E-state index in [1.165, 1.54) is 57.2 Å². The first-order valence-corrected chi connectivity index (χ1v) is 19.3. The lowest BCUT2D eigenvalue weighted by molar-refractivity contribution is -0.157. The Bertz CT molecular complexity index is 1300. The molecular formula is C37H51Cl4N3O7. The third-order valence-corrected chi connectivity index (χ3v) is 8.43. The molecule has 284 valence electrons. The lowest BCUT2D eigenvalue weighted by Crippen LogP contribution is -2.45. The highest BCUT2D eigenvalue weighted by Crippen LogP contribution is 2.26. The van der Waals surface area contributed by atoms with Gasteiger partial charge >= 0.3 is 23.9 Å². The van der Waals surface area contributed by atoms with Crippen molar-refractivity contribution in [1.82, 2.24) is 10.3 Å². The third-order valence-electron chi connectivity index (χ3n) is 7.88. The van der Waals surface area contributed by atoms with Gasteiger partial charge in [-0.15, -0.1) is 0 Å². The quantitative estimate of drug-likeness (QED) is 0.0440. The highest BCUT2D eigenvalue weighted by Gasteiger charge is 2.28. The standard InChI is InChI=1S/C37H51Cl4N3O7/c1-2-3-4-5-6-7-8-9-10-11-15-19-30(24-34(46)50-27-37(39,40)41)51-35(47)31(43-36(48)44-32-23-22-29(38)25-42-32)20-16-21-33(45)49-26-28-17-13-12-14-18-28/h12-14,17-18,22-23,25,30-31H,2-11,15-16,19-21,24,26-27H2,1H3,(H2,42,43,44,48)/t30?,31-/m0/s1. The number of benzene rings is 1. The number of amides is 2. The van der Waals surface area contributed by atoms with Crippen LogP contribution in [0.1, 0.15) is 115 Å². The summed E-state index contributed by atoms with van der Waals surface area (Å²) in [6, 6.07) is 10.4. The van der Waals surface area contributed by atoms with E-state index in [-0.39, 0.29) is 38.1 Å². The molecule has 2 rings (SSSR count). The number of esters is 3. The number of rotatable bonds is 25. The van der Waals surface area contributed by atoms with Gasteiger partial charge in [-0.2, -0.15) is 0 Å². The van der Waals surface area contributed by atoms with Gasteiger partial charge in [-0.05, 0) is 43.4 Å². The Balaban J connectivity index is 2.00. The lowest BCUT2D eigenvalue weighted by atomic mass is 10.0. The van der Waals surface area contributed by atoms with E-state index in [0.717, 1.165) is 24.8 Å². The van der Waals surface area contributed by atoms with Gasteiger partial charge in [0.1, 0.15) is 31.2 Å². The minimum absolute atomic E-state index is 0.00414. The number of carbonyl (C=O) groups excluding carboxylic acids is 4. The zero-order chi connectivity index (χ0) is 37.3. The number of halogens is 4. The third kappa shape index (κ3) is 22.7. The highest BCUT2D eigenvalue weighted by molar-refractivity contribution is 6.67. The van der Waals surface area contributed by atoms with Crippen molar-refractivity contribution in [3.05, 3.63) is 59.2 Å². The van der Waals surface area contributed by atoms with Crippen LogP contribution in [-0.2, 0) is 35.2 Å². The van der Waals surface area contributed by atoms with Crippen LogP contribution in [0.25, 0.3) is 0 Å². The van der Waals surface area contributed by atoms with E-state index in [4.69, 9.17) is 60.6 Å². The molecule has 0 saturated carbocycles. The average Bonchev–Trinajstić information content (AvgIpc) is 3.09. The number of hydrogen-bond acceptors (Lipinski definition) is 8. The molecule has 1 heterocycles. The molecule has 0 aliphatic heterocycles. The largest absolute Gasteiger partial charge is 0.461 e. The summed E-state index contributed by atoms with van der Waals surface area (Å²) >= 11 is 23.1. The molecule has 1 unspecified atom stereocenters. The van der Waals surface area contributed by atoms with Crippen LogP contribution in [-0.4, -0.2) is 51.5 Å². The first kappa shape index (κ1) is 44.4. The van der Waals surface area contributed by atoms with Gasteiger partial charge in [0, 0.05) is 12.6 Å². The number of nitrogens with one attached hydrogen (secondary N) is 2. The molecule has 51 heavy (non-hydrogen) atoms. The van der Waals surface area contributed by atoms with Crippen molar-refractivity contribution in [1.29, 1.82) is 0 Å². The summed E-state index contributed by atoms with van der Waals surface area (Å²) in [5.74, 6) is -1.71. The minimum Gasteiger partial charge on any atom is -0.461 e. The van der Waals surface area contributed by atoms with Crippen molar-refractivity contribution in [3.8, 4) is 0 Å². The van der Waals surface area contributed by atoms with Gasteiger partial charge in [0.2, 0.25) is 3.79 Å². The van der Waals surface area contributed by atoms with Gasteiger partial charge in [-0.1, -0.05) is 148 Å². The van der Waals surface area contributed by atoms with Crippen molar-refractivity contribution in [2.24, 2.45) is 0 Å². The lowest BCUT2D eigenvalue weighted by Gasteiger charge is -2.23. The summed E-state index contributed by atoms with van der Waals surface area (Å²) in [6.07, 6.45) is 13.4. The number of urea groups is 1. The summed E-state index contributed by atoms with van der Waals surface area (Å²) in [6.45, 7) is 1.87. The highest BCUT2D eigenvalue weighted by atomic mass is 35.6. The fourth-order valence-corrected chi connectivity index (χ4v) is 5.44. The Kier molecular flexibility index (Phi) is 22.7. The zero-order valence-electron chi connectivity index (χ0n) is 29.3. The Labute approximate surface area is 321 Å². The van der Waals surface area contributed by atoms with Crippen molar-refractivity contribution in [2.45, 2.75) is 132 Å². The Hall–Kier alpha value is -2.79. The Morgan fingerprint density at radius 1 is 0.784 bits per heavy atom. The molecule has 14 heteroatoms. The van der Waals surface area contributed by atoms with E-state index in [1.807, 2.05) is 30.3 Å². The van der Waals surface area contributed by atoms with Gasteiger partial charge in [0.15, 0.2) is 0 Å². The molecular weight excluding hydrogens is 740 g/mol. The van der Waals surface area contributed by atoms with E-state index in [2.05, 4.69) is 22.5 Å². The second-order valence-corrected chi connectivity index (χ2v) is 15.4. The average molecular weight is 792 g/mol. The number of pyridine rings is 1. The van der Waals surface area contributed by atoms with Crippen LogP contribution in [0.3, 0.4) is 0 Å². The minimum atomic E-state index is -1.79. The molecule has 0 aliphatic carbocycles. The molecule has 1 aromatic heterocycles. The van der Waals surface area contributed by atoms with Crippen LogP contribution < -0.4 is 10.6 Å². The summed E-state index contributed by atoms with van der Waals surface area (Å²) in [5.41, 5.74) is 0.845. The normalized spacial score (nSPS) is 12.4. The van der Waals surface area contributed by atoms with Crippen molar-refractivity contribution < 1.29 is 33.4 Å². The summed E-state index contributed by atoms with van der Waals surface area (Å²) in [5, 5.41) is 5.55. The smallest absolute Gasteiger partial charge is 0.328 e. The predicted molar refractivity (Wildman–Crippen MR) is 202 cm³/mol. The number of alkyl halides is 3. The molecule has 2 N–H and O–H groups in total.